The van der Waals surface area contributed by atoms with E-state index in [0.717, 1.165) is 70.6 Å². The van der Waals surface area contributed by atoms with Crippen LogP contribution in [0.1, 0.15) is 213 Å². The lowest BCUT2D eigenvalue weighted by Crippen LogP contribution is -2.50. The zero-order chi connectivity index (χ0) is 48.4. The first kappa shape index (κ1) is 62.5. The minimum Gasteiger partial charge on any atom is -0.477 e. The molecule has 0 rings (SSSR count). The third kappa shape index (κ3) is 45.7. The van der Waals surface area contributed by atoms with Crippen LogP contribution in [-0.4, -0.2) is 80.6 Å². The summed E-state index contributed by atoms with van der Waals surface area (Å²) in [4.78, 5) is 37.2. The summed E-state index contributed by atoms with van der Waals surface area (Å²) in [6.07, 6.45) is 63.6. The van der Waals surface area contributed by atoms with Crippen LogP contribution in [0.4, 0.5) is 0 Å². The molecule has 0 aliphatic heterocycles. The third-order valence-electron chi connectivity index (χ3n) is 11.6. The second-order valence-electron chi connectivity index (χ2n) is 18.8. The molecule has 66 heavy (non-hydrogen) atoms. The van der Waals surface area contributed by atoms with Crippen molar-refractivity contribution in [1.29, 1.82) is 0 Å². The first-order valence-corrected chi connectivity index (χ1v) is 26.6. The average Bonchev–Trinajstić information content (AvgIpc) is 3.28. The van der Waals surface area contributed by atoms with Gasteiger partial charge in [0.15, 0.2) is 12.1 Å². The van der Waals surface area contributed by atoms with Gasteiger partial charge in [-0.05, 0) is 64.2 Å². The Balaban J connectivity index is 4.33. The molecular formula is C58H100NO7+. The number of unbranched alkanes of at least 4 members (excludes halogenated alkanes) is 19. The lowest BCUT2D eigenvalue weighted by atomic mass is 10.0. The van der Waals surface area contributed by atoms with Crippen molar-refractivity contribution in [1.82, 2.24) is 0 Å². The van der Waals surface area contributed by atoms with Crippen LogP contribution in [0.5, 0.6) is 0 Å². The molecule has 0 aromatic heterocycles. The number of esters is 2. The molecule has 378 valence electrons. The van der Waals surface area contributed by atoms with Crippen LogP contribution in [0.3, 0.4) is 0 Å². The molecule has 0 aliphatic rings. The van der Waals surface area contributed by atoms with E-state index in [1.807, 2.05) is 21.1 Å². The van der Waals surface area contributed by atoms with Crippen molar-refractivity contribution in [3.8, 4) is 0 Å². The van der Waals surface area contributed by atoms with Crippen LogP contribution in [-0.2, 0) is 28.6 Å². The number of carbonyl (C=O) groups excluding carboxylic acids is 2. The monoisotopic (exact) mass is 923 g/mol. The number of rotatable bonds is 47. The molecule has 2 atom stereocenters. The van der Waals surface area contributed by atoms with Crippen LogP contribution >= 0.6 is 0 Å². The van der Waals surface area contributed by atoms with Crippen molar-refractivity contribution < 1.29 is 38.2 Å². The van der Waals surface area contributed by atoms with E-state index in [1.165, 1.54) is 103 Å². The van der Waals surface area contributed by atoms with Crippen molar-refractivity contribution in [2.45, 2.75) is 225 Å². The summed E-state index contributed by atoms with van der Waals surface area (Å²) in [6.45, 7) is 4.58. The molecule has 0 aromatic carbocycles. The highest BCUT2D eigenvalue weighted by Crippen LogP contribution is 2.16. The van der Waals surface area contributed by atoms with Gasteiger partial charge in [0.05, 0.1) is 34.4 Å². The number of likely N-dealkylation sites (N-methyl/N-ethyl adjacent to an activating group) is 1. The van der Waals surface area contributed by atoms with Gasteiger partial charge in [0.2, 0.25) is 0 Å². The van der Waals surface area contributed by atoms with Gasteiger partial charge in [0, 0.05) is 19.3 Å². The zero-order valence-electron chi connectivity index (χ0n) is 43.1. The molecule has 0 fully saturated rings. The summed E-state index contributed by atoms with van der Waals surface area (Å²) in [6, 6.07) is -0.627. The van der Waals surface area contributed by atoms with E-state index in [2.05, 4.69) is 98.9 Å². The van der Waals surface area contributed by atoms with Crippen LogP contribution < -0.4 is 0 Å². The smallest absolute Gasteiger partial charge is 0.362 e. The molecule has 0 heterocycles. The summed E-state index contributed by atoms with van der Waals surface area (Å²) in [5.74, 6) is -1.54. The van der Waals surface area contributed by atoms with Crippen molar-refractivity contribution >= 4 is 17.9 Å². The number of nitrogens with zero attached hydrogens (tertiary/aromatic N) is 1. The minimum absolute atomic E-state index is 0.0407. The highest BCUT2D eigenvalue weighted by molar-refractivity contribution is 5.72. The second-order valence-corrected chi connectivity index (χ2v) is 18.8. The standard InChI is InChI=1S/C58H99NO7/c1-6-8-10-12-14-16-18-20-22-24-26-27-28-29-31-32-34-36-38-40-42-44-46-48-56(60)65-53-54(52-64-51-50-55(58(62)63)59(3,4)5)66-57(61)49-47-45-43-41-39-37-35-33-30-25-23-21-19-17-15-13-11-9-7-2/h8,10,14,16,20,22,26-27,29,31,34,36,40,42,54-55H,6-7,9,11-13,15,17-19,21,23-25,28,30,32-33,35,37-39,41,43-53H2,1-5H3/p+1/b10-8+,16-14+,22-20+,27-26+,31-29+,36-34+,42-40+. The summed E-state index contributed by atoms with van der Waals surface area (Å²) in [5, 5.41) is 9.66. The predicted molar refractivity (Wildman–Crippen MR) is 280 cm³/mol. The molecular weight excluding hydrogens is 823 g/mol. The fourth-order valence-electron chi connectivity index (χ4n) is 7.49. The van der Waals surface area contributed by atoms with E-state index < -0.39 is 18.1 Å². The molecule has 0 aliphatic carbocycles. The van der Waals surface area contributed by atoms with Gasteiger partial charge >= 0.3 is 17.9 Å². The topological polar surface area (TPSA) is 99.1 Å². The fourth-order valence-corrected chi connectivity index (χ4v) is 7.49. The van der Waals surface area contributed by atoms with Crippen molar-refractivity contribution in [2.24, 2.45) is 0 Å². The van der Waals surface area contributed by atoms with Gasteiger partial charge < -0.3 is 23.8 Å². The summed E-state index contributed by atoms with van der Waals surface area (Å²) in [5.41, 5.74) is 0. The van der Waals surface area contributed by atoms with Crippen LogP contribution in [0.15, 0.2) is 85.1 Å². The highest BCUT2D eigenvalue weighted by atomic mass is 16.6. The maximum absolute atomic E-state index is 12.8. The number of carboxylic acid groups (broad SMARTS) is 1. The maximum Gasteiger partial charge on any atom is 0.362 e. The number of quaternary nitrogens is 1. The fraction of sp³-hybridized carbons (Fsp3) is 0.707. The first-order chi connectivity index (χ1) is 32.1. The Hall–Kier alpha value is -3.49. The molecule has 0 bridgehead atoms. The van der Waals surface area contributed by atoms with E-state index in [1.54, 1.807) is 0 Å². The summed E-state index contributed by atoms with van der Waals surface area (Å²) in [7, 11) is 5.52. The lowest BCUT2D eigenvalue weighted by Gasteiger charge is -2.31. The van der Waals surface area contributed by atoms with Crippen molar-refractivity contribution in [2.75, 3.05) is 41.0 Å². The second kappa shape index (κ2) is 48.0. The summed E-state index contributed by atoms with van der Waals surface area (Å²) < 4.78 is 17.3. The molecule has 8 heteroatoms. The number of ether oxygens (including phenoxy) is 3. The molecule has 0 saturated carbocycles. The molecule has 8 nitrogen and oxygen atoms in total. The SMILES string of the molecule is CC/C=C/C/C=C/C/C=C/C/C=C/C/C=C/C/C=C/C/C=C/CCCC(=O)OCC(COCCC(C(=O)O)[N+](C)(C)C)OC(=O)CCCCCCCCCCCCCCCCCCCCC. The van der Waals surface area contributed by atoms with Gasteiger partial charge in [-0.25, -0.2) is 4.79 Å². The number of carbonyl (C=O) groups is 3. The number of allylic oxidation sites excluding steroid dienone is 14. The van der Waals surface area contributed by atoms with Gasteiger partial charge in [-0.2, -0.15) is 0 Å². The molecule has 0 saturated heterocycles. The highest BCUT2D eigenvalue weighted by Gasteiger charge is 2.31. The quantitative estimate of drug-likeness (QED) is 0.0281. The lowest BCUT2D eigenvalue weighted by molar-refractivity contribution is -0.887. The van der Waals surface area contributed by atoms with Crippen LogP contribution in [0.25, 0.3) is 0 Å². The van der Waals surface area contributed by atoms with E-state index >= 15 is 0 Å². The first-order valence-electron chi connectivity index (χ1n) is 26.6. The molecule has 0 amide bonds. The Morgan fingerprint density at radius 2 is 0.848 bits per heavy atom. The largest absolute Gasteiger partial charge is 0.477 e. The van der Waals surface area contributed by atoms with E-state index in [0.29, 0.717) is 19.3 Å². The number of hydrogen-bond acceptors (Lipinski definition) is 6. The predicted octanol–water partition coefficient (Wildman–Crippen LogP) is 15.6. The van der Waals surface area contributed by atoms with Crippen LogP contribution in [0.2, 0.25) is 0 Å². The Labute approximate surface area is 405 Å². The Kier molecular flexibility index (Phi) is 45.4. The summed E-state index contributed by atoms with van der Waals surface area (Å²) >= 11 is 0. The van der Waals surface area contributed by atoms with Crippen molar-refractivity contribution in [3.63, 3.8) is 0 Å². The van der Waals surface area contributed by atoms with E-state index in [4.69, 9.17) is 14.2 Å². The minimum atomic E-state index is -0.883. The van der Waals surface area contributed by atoms with Gasteiger partial charge in [0.1, 0.15) is 6.61 Å². The molecule has 1 N–H and O–H groups in total. The van der Waals surface area contributed by atoms with Gasteiger partial charge in [-0.1, -0.05) is 214 Å². The Morgan fingerprint density at radius 1 is 0.470 bits per heavy atom. The Bertz CT molecular complexity index is 1350. The number of hydrogen-bond donors (Lipinski definition) is 1. The number of carboxylic acids is 1. The third-order valence-corrected chi connectivity index (χ3v) is 11.6. The molecule has 0 spiro atoms. The van der Waals surface area contributed by atoms with Gasteiger partial charge in [0.25, 0.3) is 0 Å². The molecule has 0 radical (unpaired) electrons. The van der Waals surface area contributed by atoms with Gasteiger partial charge in [-0.15, -0.1) is 0 Å². The van der Waals surface area contributed by atoms with Crippen molar-refractivity contribution in [3.05, 3.63) is 85.1 Å². The zero-order valence-corrected chi connectivity index (χ0v) is 43.1. The van der Waals surface area contributed by atoms with E-state index in [-0.39, 0.29) is 42.7 Å². The van der Waals surface area contributed by atoms with Gasteiger partial charge in [-0.3, -0.25) is 9.59 Å². The average molecular weight is 923 g/mol. The maximum atomic E-state index is 12.8. The number of aliphatic carboxylic acids is 1. The Morgan fingerprint density at radius 3 is 1.24 bits per heavy atom. The molecule has 0 aromatic rings. The normalized spacial score (nSPS) is 13.5. The molecule has 2 unspecified atom stereocenters. The van der Waals surface area contributed by atoms with E-state index in [9.17, 15) is 19.5 Å². The van der Waals surface area contributed by atoms with Crippen LogP contribution in [0, 0.1) is 0 Å².